The van der Waals surface area contributed by atoms with Gasteiger partial charge in [0.1, 0.15) is 0 Å². The fraction of sp³-hybridized carbons (Fsp3) is 0.524. The average molecular weight is 357 g/mol. The largest absolute Gasteiger partial charge is 0.352 e. The number of rotatable bonds is 9. The molecule has 0 fully saturated rings. The molecule has 5 heteroatoms. The molecule has 0 spiro atoms. The van der Waals surface area contributed by atoms with Crippen LogP contribution in [0.3, 0.4) is 0 Å². The first-order chi connectivity index (χ1) is 12.5. The average Bonchev–Trinajstić information content (AvgIpc) is 2.88. The summed E-state index contributed by atoms with van der Waals surface area (Å²) in [4.78, 5) is 14.7. The van der Waals surface area contributed by atoms with Crippen LogP contribution >= 0.6 is 0 Å². The predicted molar refractivity (Wildman–Crippen MR) is 106 cm³/mol. The van der Waals surface area contributed by atoms with Crippen molar-refractivity contribution in [2.24, 2.45) is 7.05 Å². The van der Waals surface area contributed by atoms with Crippen LogP contribution in [0.1, 0.15) is 48.3 Å². The van der Waals surface area contributed by atoms with E-state index in [-0.39, 0.29) is 5.91 Å². The van der Waals surface area contributed by atoms with Gasteiger partial charge in [0.2, 0.25) is 5.91 Å². The smallest absolute Gasteiger partial charge is 0.220 e. The van der Waals surface area contributed by atoms with Crippen molar-refractivity contribution in [3.8, 4) is 0 Å². The van der Waals surface area contributed by atoms with E-state index in [1.165, 1.54) is 16.7 Å². The second-order valence-electron chi connectivity index (χ2n) is 6.78. The number of benzene rings is 1. The molecule has 1 aromatic carbocycles. The third-order valence-electron chi connectivity index (χ3n) is 5.14. The fourth-order valence-corrected chi connectivity index (χ4v) is 3.27. The zero-order valence-electron chi connectivity index (χ0n) is 16.8. The Morgan fingerprint density at radius 3 is 2.38 bits per heavy atom. The van der Waals surface area contributed by atoms with E-state index in [4.69, 9.17) is 0 Å². The molecule has 1 heterocycles. The number of carbonyl (C=O) groups excluding carboxylic acids is 1. The monoisotopic (exact) mass is 356 g/mol. The number of hydrogen-bond donors (Lipinski definition) is 1. The van der Waals surface area contributed by atoms with Gasteiger partial charge in [0.05, 0.1) is 5.69 Å². The Hall–Kier alpha value is -2.14. The third kappa shape index (κ3) is 5.18. The lowest BCUT2D eigenvalue weighted by molar-refractivity contribution is -0.121. The topological polar surface area (TPSA) is 50.2 Å². The van der Waals surface area contributed by atoms with Crippen LogP contribution < -0.4 is 5.32 Å². The third-order valence-corrected chi connectivity index (χ3v) is 5.14. The van der Waals surface area contributed by atoms with Gasteiger partial charge in [-0.2, -0.15) is 5.10 Å². The molecular formula is C21H32N4O. The normalized spacial score (nSPS) is 11.2. The highest BCUT2D eigenvalue weighted by Crippen LogP contribution is 2.15. The van der Waals surface area contributed by atoms with E-state index in [9.17, 15) is 4.79 Å². The zero-order chi connectivity index (χ0) is 19.1. The highest BCUT2D eigenvalue weighted by Gasteiger charge is 2.12. The summed E-state index contributed by atoms with van der Waals surface area (Å²) in [7, 11) is 1.94. The molecule has 1 N–H and O–H groups in total. The van der Waals surface area contributed by atoms with Crippen molar-refractivity contribution in [2.45, 2.75) is 53.6 Å². The van der Waals surface area contributed by atoms with E-state index >= 15 is 0 Å². The molecule has 142 valence electrons. The first kappa shape index (κ1) is 20.2. The van der Waals surface area contributed by atoms with E-state index in [0.29, 0.717) is 13.0 Å². The van der Waals surface area contributed by atoms with E-state index < -0.39 is 0 Å². The van der Waals surface area contributed by atoms with Crippen LogP contribution in [0, 0.1) is 13.8 Å². The highest BCUT2D eigenvalue weighted by atomic mass is 16.1. The van der Waals surface area contributed by atoms with Crippen LogP contribution in [0.15, 0.2) is 24.3 Å². The fourth-order valence-electron chi connectivity index (χ4n) is 3.27. The van der Waals surface area contributed by atoms with E-state index in [0.717, 1.165) is 37.4 Å². The molecule has 0 aliphatic carbocycles. The molecule has 0 unspecified atom stereocenters. The Balaban J connectivity index is 1.91. The highest BCUT2D eigenvalue weighted by molar-refractivity contribution is 5.76. The van der Waals surface area contributed by atoms with Gasteiger partial charge in [-0.05, 0) is 50.0 Å². The van der Waals surface area contributed by atoms with Gasteiger partial charge in [0, 0.05) is 32.3 Å². The zero-order valence-corrected chi connectivity index (χ0v) is 16.8. The molecule has 1 aromatic heterocycles. The summed E-state index contributed by atoms with van der Waals surface area (Å²) in [5, 5.41) is 7.50. The van der Waals surface area contributed by atoms with Gasteiger partial charge in [-0.1, -0.05) is 38.1 Å². The van der Waals surface area contributed by atoms with Gasteiger partial charge in [-0.3, -0.25) is 14.4 Å². The number of nitrogens with zero attached hydrogens (tertiary/aromatic N) is 3. The minimum absolute atomic E-state index is 0.0882. The van der Waals surface area contributed by atoms with Crippen LogP contribution in [-0.2, 0) is 31.4 Å². The summed E-state index contributed by atoms with van der Waals surface area (Å²) in [5.41, 5.74) is 5.82. The number of hydrogen-bond acceptors (Lipinski definition) is 3. The first-order valence-electron chi connectivity index (χ1n) is 9.51. The number of aromatic nitrogens is 2. The van der Waals surface area contributed by atoms with Gasteiger partial charge in [-0.25, -0.2) is 0 Å². The van der Waals surface area contributed by atoms with Crippen LogP contribution in [-0.4, -0.2) is 33.7 Å². The maximum absolute atomic E-state index is 12.3. The van der Waals surface area contributed by atoms with E-state index in [1.54, 1.807) is 0 Å². The number of amides is 1. The Bertz CT molecular complexity index is 732. The molecule has 5 nitrogen and oxygen atoms in total. The molecule has 0 atom stereocenters. The van der Waals surface area contributed by atoms with Crippen molar-refractivity contribution < 1.29 is 4.79 Å². The van der Waals surface area contributed by atoms with E-state index in [1.807, 2.05) is 24.7 Å². The maximum atomic E-state index is 12.3. The van der Waals surface area contributed by atoms with E-state index in [2.05, 4.69) is 54.3 Å². The molecule has 26 heavy (non-hydrogen) atoms. The molecule has 2 rings (SSSR count). The molecule has 0 saturated carbocycles. The van der Waals surface area contributed by atoms with Gasteiger partial charge < -0.3 is 5.32 Å². The van der Waals surface area contributed by atoms with Gasteiger partial charge in [0.15, 0.2) is 0 Å². The van der Waals surface area contributed by atoms with Crippen molar-refractivity contribution in [3.05, 3.63) is 52.3 Å². The quantitative estimate of drug-likeness (QED) is 0.751. The second-order valence-corrected chi connectivity index (χ2v) is 6.78. The van der Waals surface area contributed by atoms with Crippen molar-refractivity contribution in [3.63, 3.8) is 0 Å². The van der Waals surface area contributed by atoms with Crippen LogP contribution in [0.4, 0.5) is 0 Å². The minimum Gasteiger partial charge on any atom is -0.352 e. The number of carbonyl (C=O) groups is 1. The second kappa shape index (κ2) is 9.53. The molecule has 0 bridgehead atoms. The van der Waals surface area contributed by atoms with Crippen LogP contribution in [0.5, 0.6) is 0 Å². The van der Waals surface area contributed by atoms with Crippen molar-refractivity contribution in [2.75, 3.05) is 13.1 Å². The van der Waals surface area contributed by atoms with Crippen LogP contribution in [0.2, 0.25) is 0 Å². The molecule has 0 aliphatic rings. The van der Waals surface area contributed by atoms with Gasteiger partial charge in [-0.15, -0.1) is 0 Å². The molecular weight excluding hydrogens is 324 g/mol. The molecule has 0 aliphatic heterocycles. The maximum Gasteiger partial charge on any atom is 0.220 e. The molecule has 0 radical (unpaired) electrons. The molecule has 0 saturated heterocycles. The summed E-state index contributed by atoms with van der Waals surface area (Å²) in [6, 6.07) is 8.37. The Labute approximate surface area is 157 Å². The lowest BCUT2D eigenvalue weighted by atomic mass is 10.1. The number of nitrogens with one attached hydrogen (secondary N) is 1. The Morgan fingerprint density at radius 2 is 1.81 bits per heavy atom. The molecule has 2 aromatic rings. The Morgan fingerprint density at radius 1 is 1.15 bits per heavy atom. The molecule has 1 amide bonds. The van der Waals surface area contributed by atoms with Crippen molar-refractivity contribution in [1.29, 1.82) is 0 Å². The summed E-state index contributed by atoms with van der Waals surface area (Å²) in [6.07, 6.45) is 1.23. The SMILES string of the molecule is CCN(CC)Cc1ccccc1CNC(=O)CCc1c(C)nn(C)c1C. The Kier molecular flexibility index (Phi) is 7.39. The summed E-state index contributed by atoms with van der Waals surface area (Å²) in [6.45, 7) is 12.0. The van der Waals surface area contributed by atoms with Gasteiger partial charge in [0.25, 0.3) is 0 Å². The minimum atomic E-state index is 0.0882. The lowest BCUT2D eigenvalue weighted by Gasteiger charge is -2.20. The lowest BCUT2D eigenvalue weighted by Crippen LogP contribution is -2.26. The summed E-state index contributed by atoms with van der Waals surface area (Å²) < 4.78 is 1.88. The number of aryl methyl sites for hydroxylation is 2. The predicted octanol–water partition coefficient (Wildman–Crippen LogP) is 3.13. The first-order valence-corrected chi connectivity index (χ1v) is 9.51. The standard InChI is InChI=1S/C21H32N4O/c1-6-25(7-2)15-19-11-9-8-10-18(19)14-22-21(26)13-12-20-16(3)23-24(5)17(20)4/h8-11H,6-7,12-15H2,1-5H3,(H,22,26). The van der Waals surface area contributed by atoms with Crippen molar-refractivity contribution in [1.82, 2.24) is 20.0 Å². The van der Waals surface area contributed by atoms with Crippen LogP contribution in [0.25, 0.3) is 0 Å². The van der Waals surface area contributed by atoms with Gasteiger partial charge >= 0.3 is 0 Å². The van der Waals surface area contributed by atoms with Crippen molar-refractivity contribution >= 4 is 5.91 Å². The summed E-state index contributed by atoms with van der Waals surface area (Å²) in [5.74, 6) is 0.0882. The summed E-state index contributed by atoms with van der Waals surface area (Å²) >= 11 is 0.